The molecule has 1 aliphatic rings. The van der Waals surface area contributed by atoms with Crippen molar-refractivity contribution in [2.75, 3.05) is 19.5 Å². The molecule has 0 bridgehead atoms. The summed E-state index contributed by atoms with van der Waals surface area (Å²) in [6.45, 7) is 2.14. The maximum Gasteiger partial charge on any atom is 0.459 e. The summed E-state index contributed by atoms with van der Waals surface area (Å²) in [4.78, 5) is 19.7. The number of aliphatic hydroxyl groups excluding tert-OH is 1. The molecule has 15 heteroatoms. The minimum atomic E-state index is -4.25. The summed E-state index contributed by atoms with van der Waals surface area (Å²) < 4.78 is 50.9. The summed E-state index contributed by atoms with van der Waals surface area (Å²) in [5.74, 6) is -1.39. The molecule has 0 radical (unpaired) electrons. The number of benzene rings is 1. The van der Waals surface area contributed by atoms with Crippen LogP contribution in [-0.4, -0.2) is 68.3 Å². The number of nitrogen functional groups attached to an aromatic ring is 1. The molecule has 1 saturated heterocycles. The number of nitrogens with two attached hydrogens (primary N) is 1. The fourth-order valence-electron chi connectivity index (χ4n) is 3.97. The molecule has 200 valence electrons. The summed E-state index contributed by atoms with van der Waals surface area (Å²) >= 11 is 0. The molecule has 1 unspecified atom stereocenters. The Hall–Kier alpha value is -3.13. The van der Waals surface area contributed by atoms with Crippen molar-refractivity contribution in [1.82, 2.24) is 19.6 Å². The minimum Gasteiger partial charge on any atom is -0.468 e. The minimum absolute atomic E-state index is 0.0377. The smallest absolute Gasteiger partial charge is 0.459 e. The molecule has 3 heterocycles. The van der Waals surface area contributed by atoms with Crippen molar-refractivity contribution in [3.05, 3.63) is 48.7 Å². The Balaban J connectivity index is 1.57. The molecule has 0 saturated carbocycles. The van der Waals surface area contributed by atoms with Crippen molar-refractivity contribution in [1.29, 1.82) is 0 Å². The number of aromatic nitrogens is 3. The molecule has 13 nitrogen and oxygen atoms in total. The molecule has 37 heavy (non-hydrogen) atoms. The van der Waals surface area contributed by atoms with Crippen LogP contribution in [0.2, 0.25) is 0 Å². The first kappa shape index (κ1) is 26.9. The number of aliphatic hydroxyl groups is 2. The van der Waals surface area contributed by atoms with Gasteiger partial charge in [0.25, 0.3) is 0 Å². The molecule has 0 aliphatic carbocycles. The molecule has 1 aliphatic heterocycles. The van der Waals surface area contributed by atoms with E-state index >= 15 is 0 Å². The van der Waals surface area contributed by atoms with Crippen LogP contribution in [0.25, 0.3) is 11.0 Å². The lowest BCUT2D eigenvalue weighted by molar-refractivity contribution is -0.142. The molecule has 4 rings (SSSR count). The van der Waals surface area contributed by atoms with E-state index in [9.17, 15) is 24.0 Å². The maximum atomic E-state index is 14.6. The second kappa shape index (κ2) is 10.3. The van der Waals surface area contributed by atoms with Crippen LogP contribution in [0, 0.1) is 5.82 Å². The third kappa shape index (κ3) is 5.30. The highest BCUT2D eigenvalue weighted by Crippen LogP contribution is 2.47. The Morgan fingerprint density at radius 1 is 1.38 bits per heavy atom. The van der Waals surface area contributed by atoms with Crippen molar-refractivity contribution in [3.63, 3.8) is 0 Å². The lowest BCUT2D eigenvalue weighted by Gasteiger charge is -2.27. The van der Waals surface area contributed by atoms with Crippen molar-refractivity contribution in [3.8, 4) is 5.75 Å². The number of fused-ring (bicyclic) bond motifs is 1. The Bertz CT molecular complexity index is 1320. The highest BCUT2D eigenvalue weighted by atomic mass is 31.2. The van der Waals surface area contributed by atoms with Gasteiger partial charge in [0.15, 0.2) is 17.7 Å². The van der Waals surface area contributed by atoms with Gasteiger partial charge in [0, 0.05) is 6.20 Å². The number of halogens is 1. The largest absolute Gasteiger partial charge is 0.468 e. The second-order valence-electron chi connectivity index (χ2n) is 8.61. The van der Waals surface area contributed by atoms with E-state index < -0.39 is 56.2 Å². The van der Waals surface area contributed by atoms with Crippen LogP contribution >= 0.6 is 7.75 Å². The number of carbonyl (C=O) groups is 1. The van der Waals surface area contributed by atoms with E-state index in [1.54, 1.807) is 18.2 Å². The number of carbonyl (C=O) groups excluding carboxylic acids is 1. The van der Waals surface area contributed by atoms with Gasteiger partial charge in [-0.05, 0) is 26.0 Å². The van der Waals surface area contributed by atoms with Crippen molar-refractivity contribution < 1.29 is 42.5 Å². The Labute approximate surface area is 210 Å². The topological polar surface area (TPSA) is 180 Å². The highest BCUT2D eigenvalue weighted by Gasteiger charge is 2.54. The fourth-order valence-corrected chi connectivity index (χ4v) is 5.47. The molecule has 0 spiro atoms. The molecular weight excluding hydrogens is 512 g/mol. The standard InChI is InChI=1S/C22H27FN5O8P/c1-12(20(30)33-3)27-37(32,36-13-7-5-4-6-8-13)34-10-15-17(29)22(2,31)21(35-15)28-9-14(23)16-18(24)25-11-26-19(16)28/h4-9,11-12,15,17,21,29,31H,10H2,1-3H3,(H,27,32)(H2,24,25,26)/t12-,15+,17+,21+,22+,37?/m0/s1. The van der Waals surface area contributed by atoms with Crippen LogP contribution in [0.15, 0.2) is 42.9 Å². The Morgan fingerprint density at radius 3 is 2.76 bits per heavy atom. The van der Waals surface area contributed by atoms with Crippen LogP contribution in [0.1, 0.15) is 20.1 Å². The van der Waals surface area contributed by atoms with Crippen LogP contribution in [0.3, 0.4) is 0 Å². The summed E-state index contributed by atoms with van der Waals surface area (Å²) in [7, 11) is -3.08. The van der Waals surface area contributed by atoms with Gasteiger partial charge in [-0.3, -0.25) is 13.9 Å². The first-order valence-electron chi connectivity index (χ1n) is 11.1. The van der Waals surface area contributed by atoms with Crippen LogP contribution in [0.4, 0.5) is 10.2 Å². The molecule has 5 N–H and O–H groups in total. The monoisotopic (exact) mass is 539 g/mol. The van der Waals surface area contributed by atoms with Gasteiger partial charge in [0.2, 0.25) is 0 Å². The summed E-state index contributed by atoms with van der Waals surface area (Å²) in [5.41, 5.74) is 3.84. The number of para-hydroxylation sites is 1. The van der Waals surface area contributed by atoms with Gasteiger partial charge in [-0.25, -0.2) is 18.9 Å². The van der Waals surface area contributed by atoms with Gasteiger partial charge in [-0.15, -0.1) is 0 Å². The quantitative estimate of drug-likeness (QED) is 0.228. The first-order chi connectivity index (χ1) is 17.5. The van der Waals surface area contributed by atoms with Gasteiger partial charge in [-0.1, -0.05) is 18.2 Å². The molecule has 2 aromatic heterocycles. The van der Waals surface area contributed by atoms with Crippen molar-refractivity contribution >= 4 is 30.6 Å². The average Bonchev–Trinajstić information content (AvgIpc) is 3.31. The van der Waals surface area contributed by atoms with Gasteiger partial charge in [0.05, 0.1) is 19.1 Å². The number of rotatable bonds is 9. The number of hydrogen-bond acceptors (Lipinski definition) is 11. The van der Waals surface area contributed by atoms with E-state index in [1.165, 1.54) is 37.7 Å². The van der Waals surface area contributed by atoms with E-state index in [0.29, 0.717) is 0 Å². The first-order valence-corrected chi connectivity index (χ1v) is 12.7. The van der Waals surface area contributed by atoms with E-state index in [-0.39, 0.29) is 22.6 Å². The zero-order chi connectivity index (χ0) is 27.0. The van der Waals surface area contributed by atoms with Gasteiger partial charge >= 0.3 is 13.7 Å². The second-order valence-corrected chi connectivity index (χ2v) is 10.3. The number of nitrogens with zero attached hydrogens (tertiary/aromatic N) is 3. The average molecular weight is 539 g/mol. The lowest BCUT2D eigenvalue weighted by atomic mass is 9.96. The molecule has 0 amide bonds. The van der Waals surface area contributed by atoms with Crippen LogP contribution in [0.5, 0.6) is 5.75 Å². The number of anilines is 1. The predicted octanol–water partition coefficient (Wildman–Crippen LogP) is 1.52. The number of methoxy groups -OCH3 is 1. The molecule has 1 aromatic carbocycles. The Morgan fingerprint density at radius 2 is 2.08 bits per heavy atom. The van der Waals surface area contributed by atoms with E-state index in [0.717, 1.165) is 12.5 Å². The number of ether oxygens (including phenoxy) is 2. The third-order valence-corrected chi connectivity index (χ3v) is 7.53. The number of esters is 1. The molecule has 3 aromatic rings. The van der Waals surface area contributed by atoms with Gasteiger partial charge < -0.3 is 29.9 Å². The zero-order valence-corrected chi connectivity index (χ0v) is 21.0. The van der Waals surface area contributed by atoms with Crippen molar-refractivity contribution in [2.45, 2.75) is 43.9 Å². The summed E-state index contributed by atoms with van der Waals surface area (Å²) in [5, 5.41) is 24.3. The number of nitrogens with one attached hydrogen (secondary N) is 1. The Kier molecular flexibility index (Phi) is 7.51. The molecular formula is C22H27FN5O8P. The van der Waals surface area contributed by atoms with E-state index in [2.05, 4.69) is 19.8 Å². The SMILES string of the molecule is COC(=O)[C@H](C)NP(=O)(OC[C@H]1O[C@@H](n2cc(F)c3c(N)ncnc32)[C@](C)(O)[C@@H]1O)Oc1ccccc1. The normalized spacial score (nSPS) is 26.1. The molecule has 1 fully saturated rings. The van der Waals surface area contributed by atoms with Gasteiger partial charge in [-0.2, -0.15) is 5.09 Å². The van der Waals surface area contributed by atoms with Crippen LogP contribution in [-0.2, 0) is 23.4 Å². The maximum absolute atomic E-state index is 14.6. The highest BCUT2D eigenvalue weighted by molar-refractivity contribution is 7.52. The third-order valence-electron chi connectivity index (χ3n) is 5.88. The zero-order valence-electron chi connectivity index (χ0n) is 20.1. The lowest BCUT2D eigenvalue weighted by Crippen LogP contribution is -2.44. The summed E-state index contributed by atoms with van der Waals surface area (Å²) in [6, 6.07) is 6.99. The fraction of sp³-hybridized carbons (Fsp3) is 0.409. The van der Waals surface area contributed by atoms with E-state index in [1.807, 2.05) is 0 Å². The number of hydrogen-bond donors (Lipinski definition) is 4. The van der Waals surface area contributed by atoms with Crippen LogP contribution < -0.4 is 15.3 Å². The van der Waals surface area contributed by atoms with Crippen molar-refractivity contribution in [2.24, 2.45) is 0 Å². The van der Waals surface area contributed by atoms with Gasteiger partial charge in [0.1, 0.15) is 41.7 Å². The predicted molar refractivity (Wildman–Crippen MR) is 128 cm³/mol. The molecule has 6 atom stereocenters. The summed E-state index contributed by atoms with van der Waals surface area (Å²) in [6.07, 6.45) is -2.00. The van der Waals surface area contributed by atoms with E-state index in [4.69, 9.17) is 19.5 Å².